The molecule has 0 bridgehead atoms. The summed E-state index contributed by atoms with van der Waals surface area (Å²) in [6.45, 7) is 4.32. The number of anilines is 1. The van der Waals surface area contributed by atoms with Crippen LogP contribution in [0.1, 0.15) is 32.7 Å². The molecule has 0 saturated heterocycles. The Morgan fingerprint density at radius 3 is 2.67 bits per heavy atom. The second-order valence-electron chi connectivity index (χ2n) is 4.11. The molecule has 18 heavy (non-hydrogen) atoms. The zero-order valence-corrected chi connectivity index (χ0v) is 12.1. The fourth-order valence-corrected chi connectivity index (χ4v) is 2.14. The van der Waals surface area contributed by atoms with E-state index in [1.807, 2.05) is 17.1 Å². The first kappa shape index (κ1) is 13.0. The van der Waals surface area contributed by atoms with E-state index in [1.165, 1.54) is 0 Å². The van der Waals surface area contributed by atoms with Gasteiger partial charge in [-0.25, -0.2) is 9.97 Å². The Bertz CT molecular complexity index is 533. The molecule has 2 rings (SSSR count). The topological polar surface area (TPSA) is 69.6 Å². The van der Waals surface area contributed by atoms with Gasteiger partial charge in [-0.15, -0.1) is 0 Å². The first-order chi connectivity index (χ1) is 8.65. The van der Waals surface area contributed by atoms with E-state index in [9.17, 15) is 0 Å². The summed E-state index contributed by atoms with van der Waals surface area (Å²) in [5.41, 5.74) is 7.35. The van der Waals surface area contributed by atoms with Crippen molar-refractivity contribution >= 4 is 21.7 Å². The Morgan fingerprint density at radius 1 is 1.33 bits per heavy atom. The summed E-state index contributed by atoms with van der Waals surface area (Å²) in [5, 5.41) is 4.39. The van der Waals surface area contributed by atoms with E-state index in [2.05, 4.69) is 44.8 Å². The minimum absolute atomic E-state index is 0.395. The van der Waals surface area contributed by atoms with Crippen LogP contribution in [0.3, 0.4) is 0 Å². The summed E-state index contributed by atoms with van der Waals surface area (Å²) in [7, 11) is 0. The molecule has 0 amide bonds. The number of hydrogen-bond acceptors (Lipinski definition) is 4. The number of hydrogen-bond donors (Lipinski definition) is 1. The SMILES string of the molecule is CCC(CC)n1cc(-c2cnc(N)c(Br)n2)cn1. The van der Waals surface area contributed by atoms with E-state index in [-0.39, 0.29) is 0 Å². The van der Waals surface area contributed by atoms with E-state index < -0.39 is 0 Å². The van der Waals surface area contributed by atoms with Crippen molar-refractivity contribution < 1.29 is 0 Å². The molecule has 0 spiro atoms. The lowest BCUT2D eigenvalue weighted by Gasteiger charge is -2.12. The predicted molar refractivity (Wildman–Crippen MR) is 75.0 cm³/mol. The molecule has 2 N–H and O–H groups in total. The highest BCUT2D eigenvalue weighted by molar-refractivity contribution is 9.10. The second-order valence-corrected chi connectivity index (χ2v) is 4.86. The standard InChI is InChI=1S/C12H16BrN5/c1-3-9(4-2)18-7-8(5-16-18)10-6-15-12(14)11(13)17-10/h5-7,9H,3-4H2,1-2H3,(H2,14,15). The van der Waals surface area contributed by atoms with E-state index in [4.69, 9.17) is 5.73 Å². The number of rotatable bonds is 4. The van der Waals surface area contributed by atoms with Crippen molar-refractivity contribution in [3.8, 4) is 11.3 Å². The quantitative estimate of drug-likeness (QED) is 0.942. The van der Waals surface area contributed by atoms with Crippen LogP contribution in [-0.4, -0.2) is 19.7 Å². The molecule has 0 atom stereocenters. The van der Waals surface area contributed by atoms with Gasteiger partial charge in [0.05, 0.1) is 24.1 Å². The average molecular weight is 310 g/mol. The van der Waals surface area contributed by atoms with Gasteiger partial charge in [-0.3, -0.25) is 4.68 Å². The maximum atomic E-state index is 5.62. The summed E-state index contributed by atoms with van der Waals surface area (Å²) < 4.78 is 2.55. The van der Waals surface area contributed by atoms with Crippen molar-refractivity contribution in [1.82, 2.24) is 19.7 Å². The monoisotopic (exact) mass is 309 g/mol. The van der Waals surface area contributed by atoms with Crippen molar-refractivity contribution in [3.63, 3.8) is 0 Å². The van der Waals surface area contributed by atoms with Crippen LogP contribution in [0.4, 0.5) is 5.82 Å². The van der Waals surface area contributed by atoms with E-state index in [0.717, 1.165) is 24.1 Å². The van der Waals surface area contributed by atoms with Crippen molar-refractivity contribution in [3.05, 3.63) is 23.2 Å². The lowest BCUT2D eigenvalue weighted by atomic mass is 10.2. The molecule has 5 nitrogen and oxygen atoms in total. The minimum atomic E-state index is 0.395. The van der Waals surface area contributed by atoms with E-state index in [1.54, 1.807) is 6.20 Å². The molecule has 6 heteroatoms. The van der Waals surface area contributed by atoms with E-state index in [0.29, 0.717) is 16.5 Å². The molecule has 2 aromatic heterocycles. The summed E-state index contributed by atoms with van der Waals surface area (Å²) in [6.07, 6.45) is 7.60. The van der Waals surface area contributed by atoms with Gasteiger partial charge in [0.15, 0.2) is 5.82 Å². The molecular weight excluding hydrogens is 294 g/mol. The van der Waals surface area contributed by atoms with Crippen LogP contribution in [0, 0.1) is 0 Å². The first-order valence-electron chi connectivity index (χ1n) is 5.98. The average Bonchev–Trinajstić information content (AvgIpc) is 2.84. The van der Waals surface area contributed by atoms with Gasteiger partial charge in [0, 0.05) is 11.8 Å². The van der Waals surface area contributed by atoms with Gasteiger partial charge in [-0.1, -0.05) is 13.8 Å². The molecular formula is C12H16BrN5. The maximum absolute atomic E-state index is 5.62. The molecule has 0 saturated carbocycles. The lowest BCUT2D eigenvalue weighted by molar-refractivity contribution is 0.428. The summed E-state index contributed by atoms with van der Waals surface area (Å²) >= 11 is 3.28. The van der Waals surface area contributed by atoms with Crippen LogP contribution in [0.2, 0.25) is 0 Å². The van der Waals surface area contributed by atoms with Crippen LogP contribution < -0.4 is 5.73 Å². The van der Waals surface area contributed by atoms with E-state index >= 15 is 0 Å². The van der Waals surface area contributed by atoms with Crippen LogP contribution in [0.15, 0.2) is 23.2 Å². The van der Waals surface area contributed by atoms with Crippen molar-refractivity contribution in [1.29, 1.82) is 0 Å². The third-order valence-electron chi connectivity index (χ3n) is 2.97. The molecule has 0 aliphatic carbocycles. The highest BCUT2D eigenvalue weighted by Gasteiger charge is 2.10. The minimum Gasteiger partial charge on any atom is -0.381 e. The van der Waals surface area contributed by atoms with Crippen molar-refractivity contribution in [2.45, 2.75) is 32.7 Å². The summed E-state index contributed by atoms with van der Waals surface area (Å²) in [6, 6.07) is 0.434. The van der Waals surface area contributed by atoms with Gasteiger partial charge < -0.3 is 5.73 Å². The Balaban J connectivity index is 2.31. The van der Waals surface area contributed by atoms with Gasteiger partial charge in [-0.05, 0) is 28.8 Å². The lowest BCUT2D eigenvalue weighted by Crippen LogP contribution is -2.06. The number of halogens is 1. The summed E-state index contributed by atoms with van der Waals surface area (Å²) in [4.78, 5) is 8.42. The molecule has 0 aliphatic heterocycles. The second kappa shape index (κ2) is 5.48. The third-order valence-corrected chi connectivity index (χ3v) is 3.55. The molecule has 0 aromatic carbocycles. The van der Waals surface area contributed by atoms with Gasteiger partial charge in [0.2, 0.25) is 0 Å². The Morgan fingerprint density at radius 2 is 2.06 bits per heavy atom. The smallest absolute Gasteiger partial charge is 0.156 e. The maximum Gasteiger partial charge on any atom is 0.156 e. The van der Waals surface area contributed by atoms with Gasteiger partial charge >= 0.3 is 0 Å². The number of nitrogen functional groups attached to an aromatic ring is 1. The van der Waals surface area contributed by atoms with Crippen LogP contribution in [0.25, 0.3) is 11.3 Å². The first-order valence-corrected chi connectivity index (χ1v) is 6.77. The molecule has 2 aromatic rings. The number of nitrogens with zero attached hydrogens (tertiary/aromatic N) is 4. The Hall–Kier alpha value is -1.43. The van der Waals surface area contributed by atoms with Gasteiger partial charge in [0.1, 0.15) is 4.60 Å². The van der Waals surface area contributed by atoms with Crippen LogP contribution in [-0.2, 0) is 0 Å². The van der Waals surface area contributed by atoms with Crippen molar-refractivity contribution in [2.75, 3.05) is 5.73 Å². The molecule has 2 heterocycles. The highest BCUT2D eigenvalue weighted by Crippen LogP contribution is 2.23. The Kier molecular flexibility index (Phi) is 3.96. The Labute approximate surface area is 115 Å². The van der Waals surface area contributed by atoms with Gasteiger partial charge in [0.25, 0.3) is 0 Å². The zero-order valence-electron chi connectivity index (χ0n) is 10.5. The van der Waals surface area contributed by atoms with Crippen molar-refractivity contribution in [2.24, 2.45) is 0 Å². The largest absolute Gasteiger partial charge is 0.381 e. The third kappa shape index (κ3) is 2.53. The predicted octanol–water partition coefficient (Wildman–Crippen LogP) is 3.05. The molecule has 0 fully saturated rings. The fraction of sp³-hybridized carbons (Fsp3) is 0.417. The number of nitrogens with two attached hydrogens (primary N) is 1. The highest BCUT2D eigenvalue weighted by atomic mass is 79.9. The zero-order chi connectivity index (χ0) is 13.1. The molecule has 0 radical (unpaired) electrons. The van der Waals surface area contributed by atoms with Gasteiger partial charge in [-0.2, -0.15) is 5.10 Å². The van der Waals surface area contributed by atoms with Crippen LogP contribution >= 0.6 is 15.9 Å². The molecule has 96 valence electrons. The number of aromatic nitrogens is 4. The molecule has 0 unspecified atom stereocenters. The molecule has 0 aliphatic rings. The summed E-state index contributed by atoms with van der Waals surface area (Å²) in [5.74, 6) is 0.395. The van der Waals surface area contributed by atoms with Crippen LogP contribution in [0.5, 0.6) is 0 Å². The fourth-order valence-electron chi connectivity index (χ4n) is 1.85. The normalized spacial score (nSPS) is 11.1.